The maximum atomic E-state index is 12.6. The van der Waals surface area contributed by atoms with E-state index in [2.05, 4.69) is 52.2 Å². The topological polar surface area (TPSA) is 97.9 Å². The van der Waals surface area contributed by atoms with Crippen LogP contribution in [0.4, 0.5) is 23.0 Å². The summed E-state index contributed by atoms with van der Waals surface area (Å²) in [6, 6.07) is 25.1. The number of amides is 1. The van der Waals surface area contributed by atoms with Crippen LogP contribution < -0.4 is 16.4 Å². The number of para-hydroxylation sites is 1. The Hall–Kier alpha value is -4.65. The lowest BCUT2D eigenvalue weighted by Crippen LogP contribution is -2.11. The van der Waals surface area contributed by atoms with Gasteiger partial charge in [0.2, 0.25) is 0 Å². The molecule has 0 radical (unpaired) electrons. The van der Waals surface area contributed by atoms with E-state index in [0.29, 0.717) is 22.9 Å². The van der Waals surface area contributed by atoms with Crippen molar-refractivity contribution in [2.45, 2.75) is 26.8 Å². The molecule has 0 aliphatic rings. The zero-order valence-corrected chi connectivity index (χ0v) is 20.3. The van der Waals surface area contributed by atoms with Crippen LogP contribution in [0.25, 0.3) is 22.2 Å². The molecule has 0 bridgehead atoms. The number of aromatic nitrogens is 3. The van der Waals surface area contributed by atoms with Gasteiger partial charge in [-0.25, -0.2) is 9.97 Å². The van der Waals surface area contributed by atoms with E-state index < -0.39 is 0 Å². The fraction of sp³-hybridized carbons (Fsp3) is 0.138. The van der Waals surface area contributed by atoms with E-state index in [-0.39, 0.29) is 5.91 Å². The third-order valence-corrected chi connectivity index (χ3v) is 6.20. The summed E-state index contributed by atoms with van der Waals surface area (Å²) < 4.78 is 2.33. The van der Waals surface area contributed by atoms with E-state index in [1.807, 2.05) is 48.5 Å². The van der Waals surface area contributed by atoms with Crippen molar-refractivity contribution in [1.29, 1.82) is 0 Å². The summed E-state index contributed by atoms with van der Waals surface area (Å²) in [6.07, 6.45) is 2.62. The summed E-state index contributed by atoms with van der Waals surface area (Å²) in [4.78, 5) is 21.6. The number of benzene rings is 3. The summed E-state index contributed by atoms with van der Waals surface area (Å²) in [7, 11) is 0. The summed E-state index contributed by atoms with van der Waals surface area (Å²) in [5.41, 5.74) is 12.4. The number of hydrogen-bond donors (Lipinski definition) is 3. The number of hydrogen-bond acceptors (Lipinski definition) is 5. The Morgan fingerprint density at radius 3 is 2.44 bits per heavy atom. The van der Waals surface area contributed by atoms with Gasteiger partial charge in [-0.1, -0.05) is 37.3 Å². The number of fused-ring (bicyclic) bond motifs is 1. The molecule has 5 rings (SSSR count). The molecule has 0 unspecified atom stereocenters. The monoisotopic (exact) mass is 476 g/mol. The molecule has 36 heavy (non-hydrogen) atoms. The van der Waals surface area contributed by atoms with Gasteiger partial charge in [-0.05, 0) is 61.9 Å². The number of nitrogens with two attached hydrogens (primary N) is 1. The van der Waals surface area contributed by atoms with E-state index in [0.717, 1.165) is 29.9 Å². The molecule has 7 nitrogen and oxygen atoms in total. The number of nitrogens with one attached hydrogen (secondary N) is 2. The van der Waals surface area contributed by atoms with Crippen molar-refractivity contribution < 1.29 is 4.79 Å². The Labute approximate surface area is 210 Å². The highest BCUT2D eigenvalue weighted by Crippen LogP contribution is 2.28. The highest BCUT2D eigenvalue weighted by Gasteiger charge is 2.11. The maximum Gasteiger partial charge on any atom is 0.255 e. The molecule has 0 saturated carbocycles. The van der Waals surface area contributed by atoms with Crippen LogP contribution in [0.3, 0.4) is 0 Å². The highest BCUT2D eigenvalue weighted by molar-refractivity contribution is 6.04. The summed E-state index contributed by atoms with van der Waals surface area (Å²) in [5.74, 6) is 0.637. The molecule has 4 N–H and O–H groups in total. The number of carbonyl (C=O) groups excluding carboxylic acids is 1. The zero-order chi connectivity index (χ0) is 25.1. The molecule has 0 atom stereocenters. The Bertz CT molecular complexity index is 1520. The standard InChI is InChI=1S/C29H28N6O/c1-3-24-17-21-16-23(14-15-26(21)35(24)4-2)32-28-27(30)31-18-25(34-28)19-10-12-20(13-11-19)29(36)33-22-8-6-5-7-9-22/h5-18H,3-4H2,1-2H3,(H2,30,31)(H,32,34)(H,33,36). The number of aryl methyl sites for hydroxylation is 2. The van der Waals surface area contributed by atoms with Gasteiger partial charge < -0.3 is 20.9 Å². The normalized spacial score (nSPS) is 10.9. The van der Waals surface area contributed by atoms with Crippen LogP contribution in [0.1, 0.15) is 29.9 Å². The van der Waals surface area contributed by atoms with Gasteiger partial charge in [0.05, 0.1) is 11.9 Å². The molecule has 7 heteroatoms. The van der Waals surface area contributed by atoms with Crippen molar-refractivity contribution in [1.82, 2.24) is 14.5 Å². The maximum absolute atomic E-state index is 12.6. The van der Waals surface area contributed by atoms with Crippen LogP contribution >= 0.6 is 0 Å². The van der Waals surface area contributed by atoms with Gasteiger partial charge in [-0.3, -0.25) is 4.79 Å². The van der Waals surface area contributed by atoms with E-state index in [9.17, 15) is 4.79 Å². The van der Waals surface area contributed by atoms with Gasteiger partial charge in [0.15, 0.2) is 11.6 Å². The van der Waals surface area contributed by atoms with E-state index in [1.165, 1.54) is 16.6 Å². The lowest BCUT2D eigenvalue weighted by atomic mass is 10.1. The van der Waals surface area contributed by atoms with Gasteiger partial charge in [-0.15, -0.1) is 0 Å². The predicted octanol–water partition coefficient (Wildman–Crippen LogP) is 6.26. The van der Waals surface area contributed by atoms with Crippen molar-refractivity contribution in [2.24, 2.45) is 0 Å². The van der Waals surface area contributed by atoms with Crippen LogP contribution in [0.5, 0.6) is 0 Å². The summed E-state index contributed by atoms with van der Waals surface area (Å²) in [5, 5.41) is 7.39. The van der Waals surface area contributed by atoms with E-state index >= 15 is 0 Å². The molecule has 5 aromatic rings. The van der Waals surface area contributed by atoms with Crippen LogP contribution in [-0.4, -0.2) is 20.4 Å². The molecule has 0 saturated heterocycles. The molecular weight excluding hydrogens is 448 g/mol. The zero-order valence-electron chi connectivity index (χ0n) is 20.3. The lowest BCUT2D eigenvalue weighted by Gasteiger charge is -2.11. The van der Waals surface area contributed by atoms with Crippen molar-refractivity contribution in [3.63, 3.8) is 0 Å². The van der Waals surface area contributed by atoms with Crippen LogP contribution in [-0.2, 0) is 13.0 Å². The first kappa shape index (κ1) is 23.1. The molecule has 0 fully saturated rings. The minimum absolute atomic E-state index is 0.169. The number of rotatable bonds is 7. The van der Waals surface area contributed by atoms with Crippen LogP contribution in [0.2, 0.25) is 0 Å². The second kappa shape index (κ2) is 9.92. The van der Waals surface area contributed by atoms with E-state index in [1.54, 1.807) is 18.3 Å². The SMILES string of the molecule is CCc1cc2cc(Nc3nc(-c4ccc(C(=O)Nc5ccccc5)cc4)cnc3N)ccc2n1CC. The van der Waals surface area contributed by atoms with Gasteiger partial charge in [0.25, 0.3) is 5.91 Å². The largest absolute Gasteiger partial charge is 0.381 e. The highest BCUT2D eigenvalue weighted by atomic mass is 16.1. The van der Waals surface area contributed by atoms with Gasteiger partial charge in [0.1, 0.15) is 0 Å². The summed E-state index contributed by atoms with van der Waals surface area (Å²) in [6.45, 7) is 5.27. The molecule has 0 aliphatic heterocycles. The van der Waals surface area contributed by atoms with Crippen LogP contribution in [0.15, 0.2) is 85.1 Å². The Kier molecular flexibility index (Phi) is 6.36. The molecule has 3 aromatic carbocycles. The number of carbonyl (C=O) groups is 1. The number of anilines is 4. The fourth-order valence-electron chi connectivity index (χ4n) is 4.36. The van der Waals surface area contributed by atoms with E-state index in [4.69, 9.17) is 10.7 Å². The average Bonchev–Trinajstić information content (AvgIpc) is 3.27. The second-order valence-electron chi connectivity index (χ2n) is 8.52. The predicted molar refractivity (Wildman–Crippen MR) is 147 cm³/mol. The van der Waals surface area contributed by atoms with Crippen molar-refractivity contribution in [3.05, 3.63) is 96.3 Å². The first-order valence-corrected chi connectivity index (χ1v) is 12.0. The second-order valence-corrected chi connectivity index (χ2v) is 8.52. The van der Waals surface area contributed by atoms with Gasteiger partial charge in [0, 0.05) is 45.6 Å². The Balaban J connectivity index is 1.36. The Morgan fingerprint density at radius 1 is 0.944 bits per heavy atom. The van der Waals surface area contributed by atoms with Gasteiger partial charge >= 0.3 is 0 Å². The van der Waals surface area contributed by atoms with Crippen molar-refractivity contribution >= 4 is 39.8 Å². The molecule has 180 valence electrons. The fourth-order valence-corrected chi connectivity index (χ4v) is 4.36. The quantitative estimate of drug-likeness (QED) is 0.258. The molecule has 0 spiro atoms. The molecule has 2 heterocycles. The first-order chi connectivity index (χ1) is 17.6. The first-order valence-electron chi connectivity index (χ1n) is 12.0. The third-order valence-electron chi connectivity index (χ3n) is 6.20. The van der Waals surface area contributed by atoms with Crippen LogP contribution in [0, 0.1) is 0 Å². The molecule has 2 aromatic heterocycles. The van der Waals surface area contributed by atoms with Crippen molar-refractivity contribution in [3.8, 4) is 11.3 Å². The minimum Gasteiger partial charge on any atom is -0.381 e. The molecular formula is C29H28N6O. The minimum atomic E-state index is -0.169. The molecule has 1 amide bonds. The smallest absolute Gasteiger partial charge is 0.255 e. The molecule has 0 aliphatic carbocycles. The summed E-state index contributed by atoms with van der Waals surface area (Å²) >= 11 is 0. The Morgan fingerprint density at radius 2 is 1.72 bits per heavy atom. The third kappa shape index (κ3) is 4.63. The number of nitrogen functional groups attached to an aromatic ring is 1. The number of nitrogens with zero attached hydrogens (tertiary/aromatic N) is 3. The lowest BCUT2D eigenvalue weighted by molar-refractivity contribution is 0.102. The average molecular weight is 477 g/mol. The van der Waals surface area contributed by atoms with Crippen molar-refractivity contribution in [2.75, 3.05) is 16.4 Å². The van der Waals surface area contributed by atoms with Gasteiger partial charge in [-0.2, -0.15) is 0 Å².